The molecule has 1 amide bonds. The molecule has 0 spiro atoms. The van der Waals surface area contributed by atoms with Gasteiger partial charge < -0.3 is 15.1 Å². The van der Waals surface area contributed by atoms with E-state index in [2.05, 4.69) is 44.2 Å². The van der Waals surface area contributed by atoms with Gasteiger partial charge in [0, 0.05) is 36.7 Å². The molecule has 1 saturated heterocycles. The number of rotatable bonds is 4. The Balaban J connectivity index is 1.69. The monoisotopic (exact) mass is 399 g/mol. The lowest BCUT2D eigenvalue weighted by Gasteiger charge is -2.35. The molecule has 3 rings (SSSR count). The highest BCUT2D eigenvalue weighted by atomic mass is 79.9. The molecule has 1 N–H and O–H groups in total. The second kappa shape index (κ2) is 8.32. The molecule has 2 aromatic carbocycles. The number of amides is 1. The van der Waals surface area contributed by atoms with E-state index in [9.17, 15) is 4.79 Å². The summed E-state index contributed by atoms with van der Waals surface area (Å²) in [5.41, 5.74) is 2.92. The zero-order valence-electron chi connectivity index (χ0n) is 14.3. The first-order valence-corrected chi connectivity index (χ1v) is 9.18. The first kappa shape index (κ1) is 17.7. The number of nitrogens with one attached hydrogen (secondary N) is 1. The smallest absolute Gasteiger partial charge is 0.248 e. The van der Waals surface area contributed by atoms with Crippen LogP contribution >= 0.6 is 15.9 Å². The first-order valence-electron chi connectivity index (χ1n) is 8.39. The fourth-order valence-electron chi connectivity index (χ4n) is 2.86. The highest BCUT2D eigenvalue weighted by Crippen LogP contribution is 2.26. The van der Waals surface area contributed by atoms with Crippen LogP contribution in [-0.4, -0.2) is 44.0 Å². The average Bonchev–Trinajstić information content (AvgIpc) is 2.61. The van der Waals surface area contributed by atoms with Crippen LogP contribution in [0.1, 0.15) is 5.56 Å². The van der Waals surface area contributed by atoms with Crippen molar-refractivity contribution in [3.05, 3.63) is 64.6 Å². The summed E-state index contributed by atoms with van der Waals surface area (Å²) in [7, 11) is 2.14. The number of carbonyl (C=O) groups is 1. The summed E-state index contributed by atoms with van der Waals surface area (Å²) in [5, 5.41) is 3.01. The van der Waals surface area contributed by atoms with Crippen molar-refractivity contribution in [2.75, 3.05) is 43.4 Å². The Bertz CT molecular complexity index is 767. The molecule has 0 unspecified atom stereocenters. The quantitative estimate of drug-likeness (QED) is 0.792. The van der Waals surface area contributed by atoms with Crippen molar-refractivity contribution in [2.45, 2.75) is 0 Å². The summed E-state index contributed by atoms with van der Waals surface area (Å²) >= 11 is 3.44. The summed E-state index contributed by atoms with van der Waals surface area (Å²) in [6, 6.07) is 15.8. The van der Waals surface area contributed by atoms with Crippen LogP contribution in [0.4, 0.5) is 11.4 Å². The normalized spacial score (nSPS) is 15.5. The van der Waals surface area contributed by atoms with Gasteiger partial charge in [-0.25, -0.2) is 0 Å². The summed E-state index contributed by atoms with van der Waals surface area (Å²) in [4.78, 5) is 17.0. The molecule has 5 heteroatoms. The third kappa shape index (κ3) is 4.94. The Labute approximate surface area is 157 Å². The molecular formula is C20H22BrN3O. The molecule has 1 aliphatic rings. The number of hydrogen-bond acceptors (Lipinski definition) is 3. The maximum absolute atomic E-state index is 12.3. The number of anilines is 2. The molecule has 25 heavy (non-hydrogen) atoms. The number of likely N-dealkylation sites (N-methyl/N-ethyl adjacent to an activating group) is 1. The highest BCUT2D eigenvalue weighted by molar-refractivity contribution is 9.10. The van der Waals surface area contributed by atoms with Crippen molar-refractivity contribution >= 4 is 39.3 Å². The van der Waals surface area contributed by atoms with Crippen molar-refractivity contribution in [3.8, 4) is 0 Å². The number of nitrogens with zero attached hydrogens (tertiary/aromatic N) is 2. The zero-order chi connectivity index (χ0) is 17.6. The molecule has 1 aliphatic heterocycles. The van der Waals surface area contributed by atoms with Crippen LogP contribution < -0.4 is 10.2 Å². The van der Waals surface area contributed by atoms with E-state index < -0.39 is 0 Å². The predicted octanol–water partition coefficient (Wildman–Crippen LogP) is 3.85. The Morgan fingerprint density at radius 2 is 1.84 bits per heavy atom. The van der Waals surface area contributed by atoms with Gasteiger partial charge in [0.15, 0.2) is 0 Å². The first-order chi connectivity index (χ1) is 12.1. The zero-order valence-corrected chi connectivity index (χ0v) is 15.9. The van der Waals surface area contributed by atoms with Crippen LogP contribution in [0.25, 0.3) is 6.08 Å². The fraction of sp³-hybridized carbons (Fsp3) is 0.250. The second-order valence-electron chi connectivity index (χ2n) is 6.19. The van der Waals surface area contributed by atoms with Crippen molar-refractivity contribution in [2.24, 2.45) is 0 Å². The van der Waals surface area contributed by atoms with E-state index in [-0.39, 0.29) is 5.91 Å². The molecule has 4 nitrogen and oxygen atoms in total. The molecule has 1 fully saturated rings. The maximum atomic E-state index is 12.3. The van der Waals surface area contributed by atoms with Crippen molar-refractivity contribution in [1.29, 1.82) is 0 Å². The van der Waals surface area contributed by atoms with Gasteiger partial charge in [-0.2, -0.15) is 0 Å². The lowest BCUT2D eigenvalue weighted by molar-refractivity contribution is -0.111. The van der Waals surface area contributed by atoms with Gasteiger partial charge in [0.2, 0.25) is 5.91 Å². The number of carbonyl (C=O) groups excluding carboxylic acids is 1. The van der Waals surface area contributed by atoms with E-state index in [0.717, 1.165) is 47.6 Å². The van der Waals surface area contributed by atoms with Gasteiger partial charge >= 0.3 is 0 Å². The molecule has 2 aromatic rings. The summed E-state index contributed by atoms with van der Waals surface area (Å²) in [6.45, 7) is 4.00. The molecule has 0 bridgehead atoms. The van der Waals surface area contributed by atoms with Crippen molar-refractivity contribution in [3.63, 3.8) is 0 Å². The highest BCUT2D eigenvalue weighted by Gasteiger charge is 2.17. The lowest BCUT2D eigenvalue weighted by atomic mass is 10.2. The average molecular weight is 400 g/mol. The van der Waals surface area contributed by atoms with Crippen LogP contribution in [-0.2, 0) is 4.79 Å². The van der Waals surface area contributed by atoms with Gasteiger partial charge in [-0.3, -0.25) is 4.79 Å². The summed E-state index contributed by atoms with van der Waals surface area (Å²) < 4.78 is 0.996. The van der Waals surface area contributed by atoms with Crippen LogP contribution in [0.15, 0.2) is 59.1 Å². The van der Waals surface area contributed by atoms with E-state index in [0.29, 0.717) is 0 Å². The number of benzene rings is 2. The Morgan fingerprint density at radius 1 is 1.08 bits per heavy atom. The van der Waals surface area contributed by atoms with Crippen LogP contribution in [0.2, 0.25) is 0 Å². The maximum Gasteiger partial charge on any atom is 0.248 e. The SMILES string of the molecule is CN1CCN(c2ccccc2NC(=O)/C=C/c2cccc(Br)c2)CC1. The van der Waals surface area contributed by atoms with Gasteiger partial charge in [-0.05, 0) is 43.0 Å². The van der Waals surface area contributed by atoms with E-state index in [1.807, 2.05) is 48.5 Å². The Kier molecular flexibility index (Phi) is 5.89. The minimum Gasteiger partial charge on any atom is -0.367 e. The number of halogens is 1. The molecule has 0 aliphatic carbocycles. The van der Waals surface area contributed by atoms with Gasteiger partial charge in [0.1, 0.15) is 0 Å². The molecule has 0 radical (unpaired) electrons. The summed E-state index contributed by atoms with van der Waals surface area (Å²) in [6.07, 6.45) is 3.39. The minimum absolute atomic E-state index is 0.124. The standard InChI is InChI=1S/C20H22BrN3O/c1-23-11-13-24(14-12-23)19-8-3-2-7-18(19)22-20(25)10-9-16-5-4-6-17(21)15-16/h2-10,15H,11-14H2,1H3,(H,22,25)/b10-9+. The third-order valence-electron chi connectivity index (χ3n) is 4.28. The fourth-order valence-corrected chi connectivity index (χ4v) is 3.28. The Hall–Kier alpha value is -2.11. The van der Waals surface area contributed by atoms with Crippen molar-refractivity contribution < 1.29 is 4.79 Å². The topological polar surface area (TPSA) is 35.6 Å². The molecule has 0 saturated carbocycles. The number of hydrogen-bond donors (Lipinski definition) is 1. The number of para-hydroxylation sites is 2. The molecule has 1 heterocycles. The van der Waals surface area contributed by atoms with E-state index in [1.54, 1.807) is 6.08 Å². The van der Waals surface area contributed by atoms with Crippen LogP contribution in [0, 0.1) is 0 Å². The van der Waals surface area contributed by atoms with E-state index in [4.69, 9.17) is 0 Å². The minimum atomic E-state index is -0.124. The second-order valence-corrected chi connectivity index (χ2v) is 7.10. The molecule has 0 aromatic heterocycles. The van der Waals surface area contributed by atoms with E-state index in [1.165, 1.54) is 0 Å². The molecule has 0 atom stereocenters. The summed E-state index contributed by atoms with van der Waals surface area (Å²) in [5.74, 6) is -0.124. The molecule has 130 valence electrons. The predicted molar refractivity (Wildman–Crippen MR) is 108 cm³/mol. The van der Waals surface area contributed by atoms with E-state index >= 15 is 0 Å². The molecular weight excluding hydrogens is 378 g/mol. The van der Waals surface area contributed by atoms with Crippen molar-refractivity contribution in [1.82, 2.24) is 4.90 Å². The van der Waals surface area contributed by atoms with Gasteiger partial charge in [0.25, 0.3) is 0 Å². The van der Waals surface area contributed by atoms with Gasteiger partial charge in [0.05, 0.1) is 11.4 Å². The van der Waals surface area contributed by atoms with Crippen LogP contribution in [0.3, 0.4) is 0 Å². The lowest BCUT2D eigenvalue weighted by Crippen LogP contribution is -2.44. The third-order valence-corrected chi connectivity index (χ3v) is 4.77. The number of piperazine rings is 1. The van der Waals surface area contributed by atoms with Gasteiger partial charge in [-0.15, -0.1) is 0 Å². The Morgan fingerprint density at radius 3 is 2.60 bits per heavy atom. The van der Waals surface area contributed by atoms with Gasteiger partial charge in [-0.1, -0.05) is 40.2 Å². The largest absolute Gasteiger partial charge is 0.367 e. The van der Waals surface area contributed by atoms with Crippen LogP contribution in [0.5, 0.6) is 0 Å².